The fourth-order valence-corrected chi connectivity index (χ4v) is 4.14. The van der Waals surface area contributed by atoms with Crippen LogP contribution in [0.3, 0.4) is 0 Å². The number of fused-ring (bicyclic) bond motifs is 1. The molecular formula is C28H30ClN3O. The summed E-state index contributed by atoms with van der Waals surface area (Å²) >= 11 is 5.90. The minimum Gasteiger partial charge on any atom is -0.352 e. The number of aromatic nitrogens is 2. The molecule has 33 heavy (non-hydrogen) atoms. The predicted octanol–water partition coefficient (Wildman–Crippen LogP) is 6.61. The molecule has 0 fully saturated rings. The Labute approximate surface area is 200 Å². The molecule has 1 heterocycles. The highest BCUT2D eigenvalue weighted by Crippen LogP contribution is 2.22. The number of hydrogen-bond acceptors (Lipinski definition) is 2. The highest BCUT2D eigenvalue weighted by Gasteiger charge is 2.12. The molecule has 1 amide bonds. The number of carbonyl (C=O) groups excluding carboxylic acids is 1. The van der Waals surface area contributed by atoms with Gasteiger partial charge in [-0.1, -0.05) is 61.8 Å². The second-order valence-corrected chi connectivity index (χ2v) is 8.96. The Kier molecular flexibility index (Phi) is 7.46. The lowest BCUT2D eigenvalue weighted by molar-refractivity contribution is 0.0953. The number of hydrogen-bond donors (Lipinski definition) is 1. The molecule has 0 aliphatic carbocycles. The Morgan fingerprint density at radius 2 is 1.76 bits per heavy atom. The molecule has 0 aliphatic heterocycles. The van der Waals surface area contributed by atoms with Crippen LogP contribution in [0.5, 0.6) is 0 Å². The van der Waals surface area contributed by atoms with Crippen molar-refractivity contribution in [3.63, 3.8) is 0 Å². The lowest BCUT2D eigenvalue weighted by Crippen LogP contribution is -2.25. The largest absolute Gasteiger partial charge is 0.352 e. The minimum absolute atomic E-state index is 0.0819. The molecule has 0 spiro atoms. The van der Waals surface area contributed by atoms with Crippen LogP contribution in [0.15, 0.2) is 72.8 Å². The third kappa shape index (κ3) is 5.63. The molecule has 4 rings (SSSR count). The summed E-state index contributed by atoms with van der Waals surface area (Å²) < 4.78 is 2.30. The van der Waals surface area contributed by atoms with E-state index in [9.17, 15) is 4.79 Å². The third-order valence-corrected chi connectivity index (χ3v) is 6.46. The molecular weight excluding hydrogens is 430 g/mol. The molecule has 3 aromatic carbocycles. The fourth-order valence-electron chi connectivity index (χ4n) is 4.01. The number of benzene rings is 3. The van der Waals surface area contributed by atoms with Gasteiger partial charge in [-0.2, -0.15) is 0 Å². The van der Waals surface area contributed by atoms with E-state index in [1.54, 1.807) is 24.3 Å². The van der Waals surface area contributed by atoms with E-state index in [1.807, 2.05) is 6.07 Å². The van der Waals surface area contributed by atoms with E-state index in [1.165, 1.54) is 11.1 Å². The van der Waals surface area contributed by atoms with Gasteiger partial charge in [-0.05, 0) is 66.3 Å². The van der Waals surface area contributed by atoms with Crippen molar-refractivity contribution >= 4 is 28.5 Å². The second kappa shape index (κ2) is 10.7. The van der Waals surface area contributed by atoms with Crippen molar-refractivity contribution < 1.29 is 4.79 Å². The molecule has 0 bridgehead atoms. The summed E-state index contributed by atoms with van der Waals surface area (Å²) in [6.07, 6.45) is 2.75. The van der Waals surface area contributed by atoms with Gasteiger partial charge in [-0.3, -0.25) is 4.79 Å². The average molecular weight is 460 g/mol. The summed E-state index contributed by atoms with van der Waals surface area (Å²) in [6.45, 7) is 5.87. The molecule has 0 saturated heterocycles. The number of rotatable bonds is 9. The zero-order valence-corrected chi connectivity index (χ0v) is 20.0. The molecule has 0 radical (unpaired) electrons. The Morgan fingerprint density at radius 1 is 1.03 bits per heavy atom. The lowest BCUT2D eigenvalue weighted by atomic mass is 9.97. The zero-order valence-electron chi connectivity index (χ0n) is 19.2. The summed E-state index contributed by atoms with van der Waals surface area (Å²) in [4.78, 5) is 17.2. The second-order valence-electron chi connectivity index (χ2n) is 8.52. The maximum absolute atomic E-state index is 12.3. The number of nitrogens with zero attached hydrogens (tertiary/aromatic N) is 2. The molecule has 0 saturated carbocycles. The number of carbonyl (C=O) groups is 1. The van der Waals surface area contributed by atoms with E-state index < -0.39 is 0 Å². The molecule has 1 unspecified atom stereocenters. The van der Waals surface area contributed by atoms with E-state index in [2.05, 4.69) is 66.2 Å². The van der Waals surface area contributed by atoms with Crippen LogP contribution in [0.4, 0.5) is 0 Å². The Balaban J connectivity index is 1.43. The van der Waals surface area contributed by atoms with Gasteiger partial charge in [0.2, 0.25) is 0 Å². The summed E-state index contributed by atoms with van der Waals surface area (Å²) in [5.74, 6) is 1.54. The van der Waals surface area contributed by atoms with E-state index in [0.717, 1.165) is 42.7 Å². The first kappa shape index (κ1) is 23.1. The fraction of sp³-hybridized carbons (Fsp3) is 0.286. The molecule has 0 aliphatic rings. The van der Waals surface area contributed by atoms with Crippen LogP contribution in [-0.2, 0) is 13.0 Å². The number of amides is 1. The van der Waals surface area contributed by atoms with Crippen molar-refractivity contribution in [3.8, 4) is 0 Å². The maximum Gasteiger partial charge on any atom is 0.251 e. The van der Waals surface area contributed by atoms with Gasteiger partial charge >= 0.3 is 0 Å². The number of imidazole rings is 1. The van der Waals surface area contributed by atoms with Crippen molar-refractivity contribution in [1.82, 2.24) is 14.9 Å². The van der Waals surface area contributed by atoms with Gasteiger partial charge < -0.3 is 9.88 Å². The highest BCUT2D eigenvalue weighted by molar-refractivity contribution is 6.30. The van der Waals surface area contributed by atoms with Gasteiger partial charge in [-0.25, -0.2) is 4.98 Å². The predicted molar refractivity (Wildman–Crippen MR) is 136 cm³/mol. The van der Waals surface area contributed by atoms with E-state index in [0.29, 0.717) is 23.0 Å². The first-order valence-electron chi connectivity index (χ1n) is 11.6. The van der Waals surface area contributed by atoms with E-state index in [4.69, 9.17) is 16.6 Å². The maximum atomic E-state index is 12.3. The highest BCUT2D eigenvalue weighted by atomic mass is 35.5. The van der Waals surface area contributed by atoms with Crippen LogP contribution in [0.25, 0.3) is 11.0 Å². The molecule has 4 aromatic rings. The molecule has 1 aromatic heterocycles. The number of para-hydroxylation sites is 2. The van der Waals surface area contributed by atoms with Gasteiger partial charge in [0, 0.05) is 30.1 Å². The van der Waals surface area contributed by atoms with Crippen LogP contribution in [0, 0.1) is 0 Å². The number of halogens is 1. The standard InChI is InChI=1S/C28H30ClN3O/c1-3-20(2)22-12-10-21(11-13-22)19-32-26-8-5-4-7-25(26)31-27(32)9-6-18-30-28(33)23-14-16-24(29)17-15-23/h4-5,7-8,10-17,20H,3,6,9,18-19H2,1-2H3,(H,30,33). The first-order chi connectivity index (χ1) is 16.0. The monoisotopic (exact) mass is 459 g/mol. The van der Waals surface area contributed by atoms with Crippen molar-refractivity contribution in [2.75, 3.05) is 6.54 Å². The van der Waals surface area contributed by atoms with Gasteiger partial charge in [0.15, 0.2) is 0 Å². The third-order valence-electron chi connectivity index (χ3n) is 6.20. The first-order valence-corrected chi connectivity index (χ1v) is 12.0. The van der Waals surface area contributed by atoms with Crippen LogP contribution in [0.2, 0.25) is 5.02 Å². The summed E-state index contributed by atoms with van der Waals surface area (Å²) in [6, 6.07) is 24.2. The van der Waals surface area contributed by atoms with E-state index in [-0.39, 0.29) is 5.91 Å². The number of nitrogens with one attached hydrogen (secondary N) is 1. The van der Waals surface area contributed by atoms with Crippen molar-refractivity contribution in [1.29, 1.82) is 0 Å². The van der Waals surface area contributed by atoms with Gasteiger partial charge in [0.05, 0.1) is 11.0 Å². The van der Waals surface area contributed by atoms with Gasteiger partial charge in [0.25, 0.3) is 5.91 Å². The SMILES string of the molecule is CCC(C)c1ccc(Cn2c(CCCNC(=O)c3ccc(Cl)cc3)nc3ccccc32)cc1. The van der Waals surface area contributed by atoms with Crippen LogP contribution in [0.1, 0.15) is 59.9 Å². The molecule has 5 heteroatoms. The lowest BCUT2D eigenvalue weighted by Gasteiger charge is -2.12. The average Bonchev–Trinajstić information content (AvgIpc) is 3.19. The molecule has 1 atom stereocenters. The van der Waals surface area contributed by atoms with Crippen molar-refractivity contribution in [2.45, 2.75) is 45.6 Å². The molecule has 4 nitrogen and oxygen atoms in total. The zero-order chi connectivity index (χ0) is 23.2. The summed E-state index contributed by atoms with van der Waals surface area (Å²) in [5.41, 5.74) is 5.42. The van der Waals surface area contributed by atoms with Crippen LogP contribution < -0.4 is 5.32 Å². The van der Waals surface area contributed by atoms with Crippen LogP contribution >= 0.6 is 11.6 Å². The topological polar surface area (TPSA) is 46.9 Å². The summed E-state index contributed by atoms with van der Waals surface area (Å²) in [7, 11) is 0. The number of aryl methyl sites for hydroxylation is 1. The Hall–Kier alpha value is -3.11. The van der Waals surface area contributed by atoms with Crippen molar-refractivity contribution in [3.05, 3.63) is 100 Å². The molecule has 170 valence electrons. The quantitative estimate of drug-likeness (QED) is 0.286. The van der Waals surface area contributed by atoms with Crippen molar-refractivity contribution in [2.24, 2.45) is 0 Å². The minimum atomic E-state index is -0.0819. The summed E-state index contributed by atoms with van der Waals surface area (Å²) in [5, 5.41) is 3.62. The Bertz CT molecular complexity index is 1210. The normalized spacial score (nSPS) is 12.1. The van der Waals surface area contributed by atoms with Crippen LogP contribution in [-0.4, -0.2) is 22.0 Å². The molecule has 1 N–H and O–H groups in total. The Morgan fingerprint density at radius 3 is 2.48 bits per heavy atom. The van der Waals surface area contributed by atoms with Gasteiger partial charge in [-0.15, -0.1) is 0 Å². The van der Waals surface area contributed by atoms with E-state index >= 15 is 0 Å². The smallest absolute Gasteiger partial charge is 0.251 e. The van der Waals surface area contributed by atoms with Gasteiger partial charge in [0.1, 0.15) is 5.82 Å².